The molecular formula is C9H13N5S. The number of rotatable bonds is 4. The molecule has 0 bridgehead atoms. The molecule has 0 fully saturated rings. The van der Waals surface area contributed by atoms with E-state index in [4.69, 9.17) is 0 Å². The number of nitrogens with one attached hydrogen (secondary N) is 2. The first-order chi connectivity index (χ1) is 7.35. The van der Waals surface area contributed by atoms with Gasteiger partial charge in [0.05, 0.1) is 11.6 Å². The molecule has 0 saturated carbocycles. The van der Waals surface area contributed by atoms with Crippen molar-refractivity contribution in [1.82, 2.24) is 20.2 Å². The number of H-pyrrole nitrogens is 1. The third-order valence-corrected chi connectivity index (χ3v) is 2.70. The van der Waals surface area contributed by atoms with Crippen LogP contribution in [0.3, 0.4) is 0 Å². The summed E-state index contributed by atoms with van der Waals surface area (Å²) < 4.78 is 0. The lowest BCUT2D eigenvalue weighted by atomic mass is 10.4. The summed E-state index contributed by atoms with van der Waals surface area (Å²) in [5, 5.41) is 11.9. The number of fused-ring (bicyclic) bond motifs is 1. The highest BCUT2D eigenvalue weighted by atomic mass is 32.2. The highest BCUT2D eigenvalue weighted by Gasteiger charge is 2.07. The monoisotopic (exact) mass is 223 g/mol. The van der Waals surface area contributed by atoms with Gasteiger partial charge in [0.1, 0.15) is 5.03 Å². The molecule has 0 aliphatic rings. The van der Waals surface area contributed by atoms with Crippen molar-refractivity contribution in [3.8, 4) is 0 Å². The number of thioether (sulfide) groups is 1. The zero-order valence-electron chi connectivity index (χ0n) is 8.74. The average molecular weight is 223 g/mol. The summed E-state index contributed by atoms with van der Waals surface area (Å²) in [4.78, 5) is 8.74. The smallest absolute Gasteiger partial charge is 0.225 e. The van der Waals surface area contributed by atoms with E-state index in [9.17, 15) is 0 Å². The first-order valence-corrected chi connectivity index (χ1v) is 6.06. The lowest BCUT2D eigenvalue weighted by molar-refractivity contribution is 0.944. The zero-order chi connectivity index (χ0) is 10.7. The number of nitrogens with zero attached hydrogens (tertiary/aromatic N) is 3. The molecule has 0 amide bonds. The molecule has 2 rings (SSSR count). The maximum atomic E-state index is 4.41. The van der Waals surface area contributed by atoms with Crippen LogP contribution in [0, 0.1) is 0 Å². The van der Waals surface area contributed by atoms with Crippen LogP contribution in [0.25, 0.3) is 11.0 Å². The van der Waals surface area contributed by atoms with Gasteiger partial charge in [-0.1, -0.05) is 6.92 Å². The fourth-order valence-electron chi connectivity index (χ4n) is 1.28. The first-order valence-electron chi connectivity index (χ1n) is 4.84. The molecule has 2 aromatic heterocycles. The van der Waals surface area contributed by atoms with Gasteiger partial charge in [-0.25, -0.2) is 4.98 Å². The Bertz CT molecular complexity index is 453. The zero-order valence-corrected chi connectivity index (χ0v) is 9.56. The summed E-state index contributed by atoms with van der Waals surface area (Å²) in [6, 6.07) is 0. The third-order valence-electron chi connectivity index (χ3n) is 2.00. The normalized spacial score (nSPS) is 10.8. The molecule has 2 N–H and O–H groups in total. The number of anilines is 1. The van der Waals surface area contributed by atoms with Crippen LogP contribution in [0.15, 0.2) is 11.2 Å². The summed E-state index contributed by atoms with van der Waals surface area (Å²) in [5.41, 5.74) is 0.785. The Morgan fingerprint density at radius 3 is 3.07 bits per heavy atom. The van der Waals surface area contributed by atoms with Crippen LogP contribution in [0.2, 0.25) is 0 Å². The van der Waals surface area contributed by atoms with E-state index >= 15 is 0 Å². The predicted molar refractivity (Wildman–Crippen MR) is 62.2 cm³/mol. The third kappa shape index (κ3) is 2.04. The van der Waals surface area contributed by atoms with Gasteiger partial charge in [-0.15, -0.1) is 11.8 Å². The number of hydrogen-bond donors (Lipinski definition) is 2. The van der Waals surface area contributed by atoms with Gasteiger partial charge in [0.2, 0.25) is 5.95 Å². The van der Waals surface area contributed by atoms with Crippen molar-refractivity contribution in [1.29, 1.82) is 0 Å². The Morgan fingerprint density at radius 1 is 1.47 bits per heavy atom. The average Bonchev–Trinajstić information content (AvgIpc) is 2.73. The van der Waals surface area contributed by atoms with E-state index in [1.165, 1.54) is 0 Å². The molecule has 80 valence electrons. The van der Waals surface area contributed by atoms with Crippen molar-refractivity contribution < 1.29 is 0 Å². The highest BCUT2D eigenvalue weighted by molar-refractivity contribution is 7.98. The van der Waals surface area contributed by atoms with E-state index in [0.29, 0.717) is 5.95 Å². The Balaban J connectivity index is 2.40. The molecule has 5 nitrogen and oxygen atoms in total. The maximum absolute atomic E-state index is 4.41. The number of aromatic amines is 1. The molecule has 0 saturated heterocycles. The topological polar surface area (TPSA) is 66.5 Å². The molecule has 2 aromatic rings. The van der Waals surface area contributed by atoms with Crippen LogP contribution in [-0.4, -0.2) is 33.0 Å². The second-order valence-electron chi connectivity index (χ2n) is 3.12. The number of hydrogen-bond acceptors (Lipinski definition) is 5. The fourth-order valence-corrected chi connectivity index (χ4v) is 1.83. The lowest BCUT2D eigenvalue weighted by Gasteiger charge is -2.04. The van der Waals surface area contributed by atoms with E-state index in [1.54, 1.807) is 18.0 Å². The lowest BCUT2D eigenvalue weighted by Crippen LogP contribution is -2.04. The summed E-state index contributed by atoms with van der Waals surface area (Å²) >= 11 is 1.60. The van der Waals surface area contributed by atoms with Gasteiger partial charge >= 0.3 is 0 Å². The highest BCUT2D eigenvalue weighted by Crippen LogP contribution is 2.22. The van der Waals surface area contributed by atoms with Crippen molar-refractivity contribution in [2.24, 2.45) is 0 Å². The minimum Gasteiger partial charge on any atom is -0.354 e. The van der Waals surface area contributed by atoms with Gasteiger partial charge in [0, 0.05) is 6.54 Å². The van der Waals surface area contributed by atoms with Crippen LogP contribution in [0.4, 0.5) is 5.95 Å². The van der Waals surface area contributed by atoms with Gasteiger partial charge in [-0.3, -0.25) is 5.10 Å². The van der Waals surface area contributed by atoms with Crippen LogP contribution < -0.4 is 5.32 Å². The predicted octanol–water partition coefficient (Wildman–Crippen LogP) is 1.90. The molecule has 0 unspecified atom stereocenters. The molecule has 0 aliphatic heterocycles. The molecule has 6 heteroatoms. The van der Waals surface area contributed by atoms with E-state index in [2.05, 4.69) is 32.4 Å². The van der Waals surface area contributed by atoms with Gasteiger partial charge in [0.15, 0.2) is 5.65 Å². The molecule has 2 heterocycles. The Labute approximate surface area is 92.1 Å². The van der Waals surface area contributed by atoms with E-state index in [1.807, 2.05) is 6.26 Å². The molecule has 0 radical (unpaired) electrons. The fraction of sp³-hybridized carbons (Fsp3) is 0.444. The Kier molecular flexibility index (Phi) is 3.05. The van der Waals surface area contributed by atoms with Crippen molar-refractivity contribution in [3.63, 3.8) is 0 Å². The van der Waals surface area contributed by atoms with Gasteiger partial charge < -0.3 is 5.32 Å². The van der Waals surface area contributed by atoms with Crippen LogP contribution in [0.5, 0.6) is 0 Å². The molecule has 0 atom stereocenters. The van der Waals surface area contributed by atoms with Crippen molar-refractivity contribution in [2.75, 3.05) is 18.1 Å². The van der Waals surface area contributed by atoms with E-state index < -0.39 is 0 Å². The summed E-state index contributed by atoms with van der Waals surface area (Å²) in [6.07, 6.45) is 4.81. The minimum atomic E-state index is 0.665. The second-order valence-corrected chi connectivity index (χ2v) is 3.91. The van der Waals surface area contributed by atoms with Crippen molar-refractivity contribution >= 4 is 28.7 Å². The largest absolute Gasteiger partial charge is 0.354 e. The van der Waals surface area contributed by atoms with Crippen molar-refractivity contribution in [3.05, 3.63) is 6.20 Å². The SMILES string of the molecule is CCCNc1nc(SC)c2cn[nH]c2n1. The molecular weight excluding hydrogens is 210 g/mol. The Hall–Kier alpha value is -1.30. The quantitative estimate of drug-likeness (QED) is 0.612. The van der Waals surface area contributed by atoms with Gasteiger partial charge in [-0.05, 0) is 12.7 Å². The maximum Gasteiger partial charge on any atom is 0.225 e. The van der Waals surface area contributed by atoms with Crippen LogP contribution in [-0.2, 0) is 0 Å². The van der Waals surface area contributed by atoms with Gasteiger partial charge in [-0.2, -0.15) is 10.1 Å². The van der Waals surface area contributed by atoms with Crippen molar-refractivity contribution in [2.45, 2.75) is 18.4 Å². The molecule has 0 spiro atoms. The number of aromatic nitrogens is 4. The first kappa shape index (κ1) is 10.2. The summed E-state index contributed by atoms with van der Waals surface area (Å²) in [6.45, 7) is 2.99. The van der Waals surface area contributed by atoms with E-state index in [0.717, 1.165) is 29.0 Å². The molecule has 15 heavy (non-hydrogen) atoms. The minimum absolute atomic E-state index is 0.665. The molecule has 0 aliphatic carbocycles. The van der Waals surface area contributed by atoms with Crippen LogP contribution >= 0.6 is 11.8 Å². The second kappa shape index (κ2) is 4.48. The van der Waals surface area contributed by atoms with Gasteiger partial charge in [0.25, 0.3) is 0 Å². The summed E-state index contributed by atoms with van der Waals surface area (Å²) in [7, 11) is 0. The van der Waals surface area contributed by atoms with E-state index in [-0.39, 0.29) is 0 Å². The standard InChI is InChI=1S/C9H13N5S/c1-3-4-10-9-12-7-6(5-11-14-7)8(13-9)15-2/h5H,3-4H2,1-2H3,(H2,10,11,12,13,14). The molecule has 0 aromatic carbocycles. The van der Waals surface area contributed by atoms with Crippen LogP contribution in [0.1, 0.15) is 13.3 Å². The summed E-state index contributed by atoms with van der Waals surface area (Å²) in [5.74, 6) is 0.665. The Morgan fingerprint density at radius 2 is 2.33 bits per heavy atom.